The van der Waals surface area contributed by atoms with E-state index in [1.807, 2.05) is 44.2 Å². The third-order valence-corrected chi connectivity index (χ3v) is 5.63. The normalized spacial score (nSPS) is 12.1. The lowest BCUT2D eigenvalue weighted by molar-refractivity contribution is 0.0993. The number of carbonyl (C=O) groups excluding carboxylic acids is 1. The molecule has 0 saturated heterocycles. The van der Waals surface area contributed by atoms with Crippen LogP contribution in [-0.4, -0.2) is 30.8 Å². The molecule has 0 radical (unpaired) electrons. The van der Waals surface area contributed by atoms with E-state index in [2.05, 4.69) is 33.6 Å². The van der Waals surface area contributed by atoms with Crippen molar-refractivity contribution >= 4 is 17.5 Å². The van der Waals surface area contributed by atoms with Gasteiger partial charge in [0.2, 0.25) is 0 Å². The molecule has 27 heavy (non-hydrogen) atoms. The lowest BCUT2D eigenvalue weighted by Crippen LogP contribution is -2.15. The van der Waals surface area contributed by atoms with Gasteiger partial charge in [-0.05, 0) is 56.5 Å². The van der Waals surface area contributed by atoms with Crippen LogP contribution in [0.15, 0.2) is 47.9 Å². The average molecular weight is 381 g/mol. The summed E-state index contributed by atoms with van der Waals surface area (Å²) in [7, 11) is 0. The highest BCUT2D eigenvalue weighted by atomic mass is 32.2. The quantitative estimate of drug-likeness (QED) is 0.438. The van der Waals surface area contributed by atoms with Gasteiger partial charge in [-0.25, -0.2) is 0 Å². The number of aryl methyl sites for hydroxylation is 2. The molecule has 140 valence electrons. The van der Waals surface area contributed by atoms with Crippen LogP contribution in [0.25, 0.3) is 11.4 Å². The Balaban J connectivity index is 1.85. The van der Waals surface area contributed by atoms with Crippen molar-refractivity contribution in [2.75, 3.05) is 0 Å². The van der Waals surface area contributed by atoms with E-state index in [4.69, 9.17) is 0 Å². The summed E-state index contributed by atoms with van der Waals surface area (Å²) in [6, 6.07) is 9.72. The molecular weight excluding hydrogens is 356 g/mol. The van der Waals surface area contributed by atoms with Crippen LogP contribution in [0, 0.1) is 13.8 Å². The molecule has 0 aliphatic carbocycles. The van der Waals surface area contributed by atoms with Crippen LogP contribution in [0.3, 0.4) is 0 Å². The minimum absolute atomic E-state index is 0.111. The van der Waals surface area contributed by atoms with Gasteiger partial charge in [-0.15, -0.1) is 10.2 Å². The number of hydrogen-bond donors (Lipinski definition) is 0. The first-order valence-corrected chi connectivity index (χ1v) is 10.0. The first kappa shape index (κ1) is 19.3. The predicted octanol–water partition coefficient (Wildman–Crippen LogP) is 4.73. The second kappa shape index (κ2) is 8.48. The molecule has 2 aromatic heterocycles. The number of nitrogens with zero attached hydrogens (tertiary/aromatic N) is 4. The summed E-state index contributed by atoms with van der Waals surface area (Å²) >= 11 is 1.46. The first-order chi connectivity index (χ1) is 13.0. The van der Waals surface area contributed by atoms with E-state index in [9.17, 15) is 4.79 Å². The zero-order valence-electron chi connectivity index (χ0n) is 16.1. The standard InChI is InChI=1S/C21H24N4OS/c1-5-12-25-20(17-8-10-22-11-9-17)23-24-21(25)27-16(4)19(26)18-7-6-14(2)15(3)13-18/h6-11,13,16H,5,12H2,1-4H3. The van der Waals surface area contributed by atoms with Gasteiger partial charge in [0.25, 0.3) is 0 Å². The number of rotatable bonds is 7. The number of Topliss-reactive ketones (excluding diaryl/α,β-unsaturated/α-hetero) is 1. The van der Waals surface area contributed by atoms with Gasteiger partial charge in [0.1, 0.15) is 0 Å². The molecule has 0 saturated carbocycles. The van der Waals surface area contributed by atoms with Gasteiger partial charge in [-0.1, -0.05) is 30.8 Å². The topological polar surface area (TPSA) is 60.7 Å². The maximum absolute atomic E-state index is 12.9. The number of carbonyl (C=O) groups is 1. The van der Waals surface area contributed by atoms with E-state index >= 15 is 0 Å². The van der Waals surface area contributed by atoms with Crippen LogP contribution in [0.4, 0.5) is 0 Å². The molecule has 6 heteroatoms. The molecule has 0 bridgehead atoms. The number of thioether (sulfide) groups is 1. The van der Waals surface area contributed by atoms with Crippen molar-refractivity contribution in [3.8, 4) is 11.4 Å². The third-order valence-electron chi connectivity index (χ3n) is 4.55. The van der Waals surface area contributed by atoms with Crippen molar-refractivity contribution in [3.05, 3.63) is 59.4 Å². The van der Waals surface area contributed by atoms with Gasteiger partial charge in [-0.3, -0.25) is 9.78 Å². The molecule has 5 nitrogen and oxygen atoms in total. The fraction of sp³-hybridized carbons (Fsp3) is 0.333. The largest absolute Gasteiger partial charge is 0.302 e. The van der Waals surface area contributed by atoms with Crippen molar-refractivity contribution in [1.82, 2.24) is 19.7 Å². The van der Waals surface area contributed by atoms with Gasteiger partial charge in [0.15, 0.2) is 16.8 Å². The van der Waals surface area contributed by atoms with E-state index in [1.165, 1.54) is 17.3 Å². The summed E-state index contributed by atoms with van der Waals surface area (Å²) in [5.74, 6) is 0.923. The highest BCUT2D eigenvalue weighted by Crippen LogP contribution is 2.28. The average Bonchev–Trinajstić information content (AvgIpc) is 3.07. The van der Waals surface area contributed by atoms with E-state index < -0.39 is 0 Å². The summed E-state index contributed by atoms with van der Waals surface area (Å²) in [5, 5.41) is 9.26. The highest BCUT2D eigenvalue weighted by molar-refractivity contribution is 8.00. The molecule has 0 N–H and O–H groups in total. The van der Waals surface area contributed by atoms with Gasteiger partial charge in [0, 0.05) is 30.1 Å². The number of aromatic nitrogens is 4. The number of hydrogen-bond acceptors (Lipinski definition) is 5. The minimum atomic E-state index is -0.239. The Labute approximate surface area is 164 Å². The summed E-state index contributed by atoms with van der Waals surface area (Å²) in [4.78, 5) is 16.9. The molecule has 0 spiro atoms. The van der Waals surface area contributed by atoms with Crippen molar-refractivity contribution in [2.24, 2.45) is 0 Å². The maximum Gasteiger partial charge on any atom is 0.192 e. The Bertz CT molecular complexity index is 937. The van der Waals surface area contributed by atoms with Crippen molar-refractivity contribution in [3.63, 3.8) is 0 Å². The molecule has 1 unspecified atom stereocenters. The number of ketones is 1. The fourth-order valence-electron chi connectivity index (χ4n) is 2.86. The molecule has 0 fully saturated rings. The Morgan fingerprint density at radius 2 is 1.85 bits per heavy atom. The second-order valence-electron chi connectivity index (χ2n) is 6.62. The van der Waals surface area contributed by atoms with E-state index in [1.54, 1.807) is 12.4 Å². The lowest BCUT2D eigenvalue weighted by atomic mass is 10.0. The summed E-state index contributed by atoms with van der Waals surface area (Å²) < 4.78 is 2.09. The van der Waals surface area contributed by atoms with Crippen molar-refractivity contribution < 1.29 is 4.79 Å². The van der Waals surface area contributed by atoms with Crippen LogP contribution >= 0.6 is 11.8 Å². The lowest BCUT2D eigenvalue weighted by Gasteiger charge is -2.13. The zero-order chi connectivity index (χ0) is 19.4. The highest BCUT2D eigenvalue weighted by Gasteiger charge is 2.22. The predicted molar refractivity (Wildman–Crippen MR) is 109 cm³/mol. The first-order valence-electron chi connectivity index (χ1n) is 9.13. The van der Waals surface area contributed by atoms with E-state index in [-0.39, 0.29) is 11.0 Å². The Hall–Kier alpha value is -2.47. The second-order valence-corrected chi connectivity index (χ2v) is 7.93. The summed E-state index contributed by atoms with van der Waals surface area (Å²) in [6.07, 6.45) is 4.46. The molecule has 2 heterocycles. The molecule has 0 aliphatic heterocycles. The van der Waals surface area contributed by atoms with Crippen LogP contribution in [0.5, 0.6) is 0 Å². The molecular formula is C21H24N4OS. The minimum Gasteiger partial charge on any atom is -0.302 e. The van der Waals surface area contributed by atoms with E-state index in [0.29, 0.717) is 0 Å². The summed E-state index contributed by atoms with van der Waals surface area (Å²) in [6.45, 7) is 8.93. The smallest absolute Gasteiger partial charge is 0.192 e. The molecule has 3 aromatic rings. The van der Waals surface area contributed by atoms with Gasteiger partial charge in [0.05, 0.1) is 5.25 Å². The fourth-order valence-corrected chi connectivity index (χ4v) is 3.81. The van der Waals surface area contributed by atoms with Crippen LogP contribution in [-0.2, 0) is 6.54 Å². The number of pyridine rings is 1. The van der Waals surface area contributed by atoms with Crippen LogP contribution < -0.4 is 0 Å². The van der Waals surface area contributed by atoms with Crippen LogP contribution in [0.1, 0.15) is 41.8 Å². The Morgan fingerprint density at radius 3 is 2.52 bits per heavy atom. The van der Waals surface area contributed by atoms with Gasteiger partial charge >= 0.3 is 0 Å². The van der Waals surface area contributed by atoms with Gasteiger partial charge < -0.3 is 4.57 Å². The van der Waals surface area contributed by atoms with Crippen LogP contribution in [0.2, 0.25) is 0 Å². The van der Waals surface area contributed by atoms with Gasteiger partial charge in [-0.2, -0.15) is 0 Å². The van der Waals surface area contributed by atoms with Crippen molar-refractivity contribution in [1.29, 1.82) is 0 Å². The molecule has 0 amide bonds. The number of benzene rings is 1. The molecule has 0 aliphatic rings. The Morgan fingerprint density at radius 1 is 1.11 bits per heavy atom. The van der Waals surface area contributed by atoms with E-state index in [0.717, 1.165) is 40.6 Å². The summed E-state index contributed by atoms with van der Waals surface area (Å²) in [5.41, 5.74) is 4.05. The maximum atomic E-state index is 12.9. The third kappa shape index (κ3) is 4.27. The van der Waals surface area contributed by atoms with Crippen molar-refractivity contribution in [2.45, 2.75) is 51.1 Å². The molecule has 1 atom stereocenters. The molecule has 1 aromatic carbocycles. The zero-order valence-corrected chi connectivity index (χ0v) is 17.0. The Kier molecular flexibility index (Phi) is 6.06. The monoisotopic (exact) mass is 380 g/mol. The SMILES string of the molecule is CCCn1c(SC(C)C(=O)c2ccc(C)c(C)c2)nnc1-c1ccncc1. The molecule has 3 rings (SSSR count).